The molecule has 4 heteroatoms. The van der Waals surface area contributed by atoms with Crippen molar-refractivity contribution in [2.45, 2.75) is 19.1 Å². The highest BCUT2D eigenvalue weighted by atomic mass is 19.4. The van der Waals surface area contributed by atoms with Crippen molar-refractivity contribution < 1.29 is 13.2 Å². The maximum absolute atomic E-state index is 12.1. The van der Waals surface area contributed by atoms with Crippen molar-refractivity contribution in [3.8, 4) is 0 Å². The third-order valence-corrected chi connectivity index (χ3v) is 1.74. The fraction of sp³-hybridized carbons (Fsp3) is 0.333. The average molecular weight is 188 g/mol. The third kappa shape index (κ3) is 2.45. The molecule has 0 aliphatic carbocycles. The lowest BCUT2D eigenvalue weighted by molar-refractivity contribution is -0.137. The molecule has 1 N–H and O–H groups in total. The van der Waals surface area contributed by atoms with Crippen LogP contribution in [-0.4, -0.2) is 0 Å². The summed E-state index contributed by atoms with van der Waals surface area (Å²) in [6.07, 6.45) is -4.29. The van der Waals surface area contributed by atoms with Crippen molar-refractivity contribution >= 4 is 0 Å². The molecular formula is C9H9F3N-. The summed E-state index contributed by atoms with van der Waals surface area (Å²) in [5, 5.41) is 0. The van der Waals surface area contributed by atoms with Crippen LogP contribution in [-0.2, 0) is 6.18 Å². The number of hydrogen-bond donors (Lipinski definition) is 0. The van der Waals surface area contributed by atoms with E-state index in [2.05, 4.69) is 0 Å². The van der Waals surface area contributed by atoms with Gasteiger partial charge < -0.3 is 5.73 Å². The minimum Gasteiger partial charge on any atom is -0.671 e. The fourth-order valence-corrected chi connectivity index (χ4v) is 0.961. The number of benzene rings is 1. The van der Waals surface area contributed by atoms with Crippen LogP contribution in [0.1, 0.15) is 24.1 Å². The molecule has 0 fully saturated rings. The Morgan fingerprint density at radius 1 is 1.15 bits per heavy atom. The Morgan fingerprint density at radius 3 is 1.92 bits per heavy atom. The van der Waals surface area contributed by atoms with Crippen LogP contribution in [0.15, 0.2) is 24.3 Å². The Labute approximate surface area is 74.4 Å². The predicted octanol–water partition coefficient (Wildman–Crippen LogP) is 3.82. The highest BCUT2D eigenvalue weighted by molar-refractivity contribution is 5.27. The molecule has 0 aliphatic rings. The van der Waals surface area contributed by atoms with Gasteiger partial charge in [-0.25, -0.2) is 0 Å². The fourth-order valence-electron chi connectivity index (χ4n) is 0.961. The first-order valence-electron chi connectivity index (χ1n) is 3.79. The molecule has 13 heavy (non-hydrogen) atoms. The van der Waals surface area contributed by atoms with Gasteiger partial charge in [-0.15, -0.1) is 6.04 Å². The first-order chi connectivity index (χ1) is 5.91. The van der Waals surface area contributed by atoms with E-state index in [-0.39, 0.29) is 0 Å². The highest BCUT2D eigenvalue weighted by Crippen LogP contribution is 2.30. The summed E-state index contributed by atoms with van der Waals surface area (Å²) >= 11 is 0. The highest BCUT2D eigenvalue weighted by Gasteiger charge is 2.29. The van der Waals surface area contributed by atoms with Crippen LogP contribution in [0.3, 0.4) is 0 Å². The van der Waals surface area contributed by atoms with Crippen molar-refractivity contribution in [2.75, 3.05) is 0 Å². The molecule has 0 bridgehead atoms. The molecule has 0 saturated heterocycles. The van der Waals surface area contributed by atoms with E-state index in [0.717, 1.165) is 12.1 Å². The normalized spacial score (nSPS) is 14.2. The van der Waals surface area contributed by atoms with Gasteiger partial charge in [0.15, 0.2) is 0 Å². The minimum atomic E-state index is -4.29. The summed E-state index contributed by atoms with van der Waals surface area (Å²) in [6.45, 7) is 1.61. The SMILES string of the molecule is CC([NH-])c1ccc(C(F)(F)F)cc1. The van der Waals surface area contributed by atoms with Gasteiger partial charge in [0.1, 0.15) is 0 Å². The van der Waals surface area contributed by atoms with Crippen LogP contribution in [0.2, 0.25) is 0 Å². The second kappa shape index (κ2) is 3.38. The maximum atomic E-state index is 12.1. The smallest absolute Gasteiger partial charge is 0.416 e. The van der Waals surface area contributed by atoms with Gasteiger partial charge in [0.2, 0.25) is 0 Å². The van der Waals surface area contributed by atoms with Crippen LogP contribution < -0.4 is 0 Å². The van der Waals surface area contributed by atoms with Gasteiger partial charge in [0.25, 0.3) is 0 Å². The Hall–Kier alpha value is -1.03. The van der Waals surface area contributed by atoms with Crippen molar-refractivity contribution in [3.05, 3.63) is 41.1 Å². The monoisotopic (exact) mass is 188 g/mol. The molecule has 0 spiro atoms. The summed E-state index contributed by atoms with van der Waals surface area (Å²) in [6, 6.07) is 4.18. The molecule has 1 rings (SSSR count). The summed E-state index contributed by atoms with van der Waals surface area (Å²) in [7, 11) is 0. The number of rotatable bonds is 1. The zero-order valence-corrected chi connectivity index (χ0v) is 7.02. The van der Waals surface area contributed by atoms with E-state index in [0.29, 0.717) is 5.56 Å². The lowest BCUT2D eigenvalue weighted by atomic mass is 10.1. The summed E-state index contributed by atoms with van der Waals surface area (Å²) in [5.74, 6) is 0. The van der Waals surface area contributed by atoms with Crippen molar-refractivity contribution in [3.63, 3.8) is 0 Å². The number of hydrogen-bond acceptors (Lipinski definition) is 0. The Kier molecular flexibility index (Phi) is 2.61. The molecule has 1 atom stereocenters. The van der Waals surface area contributed by atoms with E-state index in [1.165, 1.54) is 12.1 Å². The minimum absolute atomic E-state index is 0.484. The molecule has 1 nitrogen and oxygen atoms in total. The van der Waals surface area contributed by atoms with Gasteiger partial charge in [-0.2, -0.15) is 13.2 Å². The first-order valence-corrected chi connectivity index (χ1v) is 3.79. The van der Waals surface area contributed by atoms with E-state index in [4.69, 9.17) is 5.73 Å². The number of nitrogens with one attached hydrogen (secondary N) is 1. The largest absolute Gasteiger partial charge is 0.671 e. The van der Waals surface area contributed by atoms with Gasteiger partial charge in [0.05, 0.1) is 5.56 Å². The number of alkyl halides is 3. The molecule has 0 saturated carbocycles. The molecule has 1 unspecified atom stereocenters. The summed E-state index contributed by atoms with van der Waals surface area (Å²) in [5.41, 5.74) is 7.19. The topological polar surface area (TPSA) is 23.8 Å². The molecule has 1 aromatic carbocycles. The molecule has 0 aromatic heterocycles. The maximum Gasteiger partial charge on any atom is 0.416 e. The van der Waals surface area contributed by atoms with E-state index in [9.17, 15) is 13.2 Å². The van der Waals surface area contributed by atoms with Crippen LogP contribution in [0.5, 0.6) is 0 Å². The molecule has 72 valence electrons. The summed E-state index contributed by atoms with van der Waals surface area (Å²) < 4.78 is 36.2. The van der Waals surface area contributed by atoms with Gasteiger partial charge >= 0.3 is 6.18 Å². The summed E-state index contributed by atoms with van der Waals surface area (Å²) in [4.78, 5) is 0. The Bertz CT molecular complexity index is 274. The standard InChI is InChI=1S/C9H9F3N/c1-6(13)7-2-4-8(5-3-7)9(10,11)12/h2-6,13H,1H3/q-1. The van der Waals surface area contributed by atoms with Crippen LogP contribution in [0.25, 0.3) is 5.73 Å². The number of halogens is 3. The Balaban J connectivity index is 2.94. The van der Waals surface area contributed by atoms with Crippen LogP contribution in [0, 0.1) is 0 Å². The molecule has 1 aromatic rings. The molecule has 0 aliphatic heterocycles. The second-order valence-electron chi connectivity index (χ2n) is 2.84. The lowest BCUT2D eigenvalue weighted by Crippen LogP contribution is -2.04. The molecule has 0 radical (unpaired) electrons. The van der Waals surface area contributed by atoms with E-state index < -0.39 is 17.8 Å². The first kappa shape index (κ1) is 10.1. The van der Waals surface area contributed by atoms with Crippen molar-refractivity contribution in [2.24, 2.45) is 0 Å². The molecular weight excluding hydrogens is 179 g/mol. The second-order valence-corrected chi connectivity index (χ2v) is 2.84. The van der Waals surface area contributed by atoms with E-state index >= 15 is 0 Å². The molecule has 0 amide bonds. The van der Waals surface area contributed by atoms with Gasteiger partial charge in [-0.05, 0) is 12.1 Å². The van der Waals surface area contributed by atoms with Crippen molar-refractivity contribution in [1.29, 1.82) is 0 Å². The Morgan fingerprint density at radius 2 is 1.62 bits per heavy atom. The lowest BCUT2D eigenvalue weighted by Gasteiger charge is -2.14. The van der Waals surface area contributed by atoms with E-state index in [1.54, 1.807) is 6.92 Å². The van der Waals surface area contributed by atoms with Gasteiger partial charge in [-0.1, -0.05) is 24.6 Å². The third-order valence-electron chi connectivity index (χ3n) is 1.74. The van der Waals surface area contributed by atoms with Gasteiger partial charge in [0, 0.05) is 0 Å². The quantitative estimate of drug-likeness (QED) is 0.639. The van der Waals surface area contributed by atoms with Crippen LogP contribution >= 0.6 is 0 Å². The van der Waals surface area contributed by atoms with Gasteiger partial charge in [-0.3, -0.25) is 0 Å². The van der Waals surface area contributed by atoms with E-state index in [1.807, 2.05) is 0 Å². The zero-order chi connectivity index (χ0) is 10.1. The molecule has 0 heterocycles. The van der Waals surface area contributed by atoms with Crippen LogP contribution in [0.4, 0.5) is 13.2 Å². The predicted molar refractivity (Wildman–Crippen MR) is 44.2 cm³/mol. The zero-order valence-electron chi connectivity index (χ0n) is 7.02. The average Bonchev–Trinajstić information content (AvgIpc) is 2.03. The van der Waals surface area contributed by atoms with Crippen molar-refractivity contribution in [1.82, 2.24) is 0 Å².